The van der Waals surface area contributed by atoms with Gasteiger partial charge < -0.3 is 15.5 Å². The Bertz CT molecular complexity index is 870. The number of benzene rings is 3. The molecule has 0 fully saturated rings. The summed E-state index contributed by atoms with van der Waals surface area (Å²) in [4.78, 5) is 27.5. The topological polar surface area (TPSA) is 66.6 Å². The lowest BCUT2D eigenvalue weighted by atomic mass is 10.1. The molecule has 2 N–H and O–H groups in total. The molecule has 0 saturated heterocycles. The van der Waals surface area contributed by atoms with Gasteiger partial charge in [-0.1, -0.05) is 72.8 Å². The highest BCUT2D eigenvalue weighted by Crippen LogP contribution is 2.20. The molecule has 3 aromatic rings. The molecule has 0 bridgehead atoms. The highest BCUT2D eigenvalue weighted by molar-refractivity contribution is 5.96. The first-order valence-electron chi connectivity index (χ1n) is 9.37. The number of primary amides is 1. The molecule has 0 aromatic heterocycles. The quantitative estimate of drug-likeness (QED) is 0.701. The standard InChI is InChI=1S/C18H21N3O2.C6H6/c1-20(2)16-11-7-6-10-15(16)12-21(13-17(19)22)18(23)14-8-4-3-5-9-14;1-2-4-6-5-3-1/h3-11H,12-13H2,1-2H3,(H2,19,22);1-6H. The smallest absolute Gasteiger partial charge is 0.254 e. The zero-order valence-electron chi connectivity index (χ0n) is 16.9. The third-order valence-corrected chi connectivity index (χ3v) is 4.16. The molecule has 0 spiro atoms. The van der Waals surface area contributed by atoms with Crippen molar-refractivity contribution in [3.63, 3.8) is 0 Å². The molecule has 150 valence electrons. The molecule has 29 heavy (non-hydrogen) atoms. The molecule has 5 heteroatoms. The van der Waals surface area contributed by atoms with Crippen molar-refractivity contribution in [2.75, 3.05) is 25.5 Å². The van der Waals surface area contributed by atoms with Gasteiger partial charge in [0.05, 0.1) is 6.54 Å². The predicted molar refractivity (Wildman–Crippen MR) is 118 cm³/mol. The fourth-order valence-corrected chi connectivity index (χ4v) is 2.82. The Morgan fingerprint density at radius 1 is 0.759 bits per heavy atom. The van der Waals surface area contributed by atoms with Gasteiger partial charge in [-0.2, -0.15) is 0 Å². The van der Waals surface area contributed by atoms with Gasteiger partial charge in [-0.05, 0) is 23.8 Å². The summed E-state index contributed by atoms with van der Waals surface area (Å²) in [7, 11) is 3.88. The number of para-hydroxylation sites is 1. The van der Waals surface area contributed by atoms with Gasteiger partial charge in [0.2, 0.25) is 5.91 Å². The van der Waals surface area contributed by atoms with Gasteiger partial charge in [0.15, 0.2) is 0 Å². The lowest BCUT2D eigenvalue weighted by molar-refractivity contribution is -0.118. The van der Waals surface area contributed by atoms with E-state index in [4.69, 9.17) is 5.73 Å². The zero-order valence-corrected chi connectivity index (χ0v) is 16.9. The molecular weight excluding hydrogens is 362 g/mol. The van der Waals surface area contributed by atoms with Crippen LogP contribution in [-0.2, 0) is 11.3 Å². The Hall–Kier alpha value is -3.60. The van der Waals surface area contributed by atoms with E-state index < -0.39 is 5.91 Å². The van der Waals surface area contributed by atoms with Crippen LogP contribution in [0.2, 0.25) is 0 Å². The minimum absolute atomic E-state index is 0.116. The second-order valence-electron chi connectivity index (χ2n) is 6.67. The molecule has 0 heterocycles. The average Bonchev–Trinajstić information content (AvgIpc) is 2.75. The first-order valence-corrected chi connectivity index (χ1v) is 9.37. The van der Waals surface area contributed by atoms with E-state index in [-0.39, 0.29) is 12.5 Å². The normalized spacial score (nSPS) is 9.72. The minimum Gasteiger partial charge on any atom is -0.377 e. The van der Waals surface area contributed by atoms with Gasteiger partial charge >= 0.3 is 0 Å². The molecule has 5 nitrogen and oxygen atoms in total. The summed E-state index contributed by atoms with van der Waals surface area (Å²) in [6, 6.07) is 28.7. The van der Waals surface area contributed by atoms with Crippen LogP contribution in [0.1, 0.15) is 15.9 Å². The van der Waals surface area contributed by atoms with Crippen LogP contribution in [0.25, 0.3) is 0 Å². The van der Waals surface area contributed by atoms with Gasteiger partial charge in [0, 0.05) is 31.9 Å². The Kier molecular flexibility index (Phi) is 8.45. The summed E-state index contributed by atoms with van der Waals surface area (Å²) in [5, 5.41) is 0. The van der Waals surface area contributed by atoms with E-state index in [2.05, 4.69) is 0 Å². The summed E-state index contributed by atoms with van der Waals surface area (Å²) >= 11 is 0. The molecule has 3 rings (SSSR count). The molecule has 0 atom stereocenters. The maximum absolute atomic E-state index is 12.7. The number of anilines is 1. The van der Waals surface area contributed by atoms with Gasteiger partial charge in [-0.15, -0.1) is 0 Å². The molecule has 0 aliphatic carbocycles. The summed E-state index contributed by atoms with van der Waals surface area (Å²) in [6.45, 7) is 0.209. The fourth-order valence-electron chi connectivity index (χ4n) is 2.82. The van der Waals surface area contributed by atoms with E-state index in [1.165, 1.54) is 4.90 Å². The van der Waals surface area contributed by atoms with Crippen LogP contribution >= 0.6 is 0 Å². The first-order chi connectivity index (χ1) is 14.0. The molecule has 0 saturated carbocycles. The third kappa shape index (κ3) is 7.14. The number of hydrogen-bond donors (Lipinski definition) is 1. The Labute approximate surface area is 172 Å². The second-order valence-corrected chi connectivity index (χ2v) is 6.67. The summed E-state index contributed by atoms with van der Waals surface area (Å²) in [5.41, 5.74) is 7.82. The monoisotopic (exact) mass is 389 g/mol. The van der Waals surface area contributed by atoms with Crippen LogP contribution in [0.3, 0.4) is 0 Å². The van der Waals surface area contributed by atoms with Gasteiger partial charge in [-0.3, -0.25) is 9.59 Å². The maximum atomic E-state index is 12.7. The Balaban J connectivity index is 0.000000426. The van der Waals surface area contributed by atoms with Crippen molar-refractivity contribution in [2.45, 2.75) is 6.54 Å². The number of hydrogen-bond acceptors (Lipinski definition) is 3. The van der Waals surface area contributed by atoms with E-state index in [9.17, 15) is 9.59 Å². The van der Waals surface area contributed by atoms with E-state index in [1.54, 1.807) is 24.3 Å². The minimum atomic E-state index is -0.531. The Morgan fingerprint density at radius 3 is 1.76 bits per heavy atom. The third-order valence-electron chi connectivity index (χ3n) is 4.16. The number of rotatable bonds is 6. The van der Waals surface area contributed by atoms with Crippen molar-refractivity contribution in [3.8, 4) is 0 Å². The Morgan fingerprint density at radius 2 is 1.24 bits per heavy atom. The van der Waals surface area contributed by atoms with Crippen molar-refractivity contribution in [1.29, 1.82) is 0 Å². The molecule has 0 aliphatic heterocycles. The van der Waals surface area contributed by atoms with Crippen LogP contribution in [0.5, 0.6) is 0 Å². The van der Waals surface area contributed by atoms with Crippen LogP contribution < -0.4 is 10.6 Å². The lowest BCUT2D eigenvalue weighted by Gasteiger charge is -2.24. The van der Waals surface area contributed by atoms with E-state index in [0.29, 0.717) is 12.1 Å². The molecule has 0 aliphatic rings. The van der Waals surface area contributed by atoms with Crippen molar-refractivity contribution < 1.29 is 9.59 Å². The van der Waals surface area contributed by atoms with Crippen LogP contribution in [0.15, 0.2) is 91.0 Å². The first kappa shape index (κ1) is 21.7. The summed E-state index contributed by atoms with van der Waals surface area (Å²) < 4.78 is 0. The van der Waals surface area contributed by atoms with Gasteiger partial charge in [0.25, 0.3) is 5.91 Å². The molecule has 0 radical (unpaired) electrons. The summed E-state index contributed by atoms with van der Waals surface area (Å²) in [5.74, 6) is -0.741. The van der Waals surface area contributed by atoms with Crippen molar-refractivity contribution in [3.05, 3.63) is 102 Å². The van der Waals surface area contributed by atoms with Crippen molar-refractivity contribution >= 4 is 17.5 Å². The van der Waals surface area contributed by atoms with E-state index in [0.717, 1.165) is 11.3 Å². The number of amides is 2. The highest BCUT2D eigenvalue weighted by Gasteiger charge is 2.19. The van der Waals surface area contributed by atoms with Crippen molar-refractivity contribution in [2.24, 2.45) is 5.73 Å². The molecule has 3 aromatic carbocycles. The number of carbonyl (C=O) groups is 2. The van der Waals surface area contributed by atoms with E-state index >= 15 is 0 Å². The van der Waals surface area contributed by atoms with E-state index in [1.807, 2.05) is 85.7 Å². The van der Waals surface area contributed by atoms with Crippen LogP contribution in [0.4, 0.5) is 5.69 Å². The summed E-state index contributed by atoms with van der Waals surface area (Å²) in [6.07, 6.45) is 0. The largest absolute Gasteiger partial charge is 0.377 e. The highest BCUT2D eigenvalue weighted by atomic mass is 16.2. The molecule has 2 amide bonds. The van der Waals surface area contributed by atoms with Gasteiger partial charge in [0.1, 0.15) is 0 Å². The number of carbonyl (C=O) groups excluding carboxylic acids is 2. The average molecular weight is 389 g/mol. The van der Waals surface area contributed by atoms with Gasteiger partial charge in [-0.25, -0.2) is 0 Å². The van der Waals surface area contributed by atoms with Crippen LogP contribution in [0, 0.1) is 0 Å². The molecule has 0 unspecified atom stereocenters. The SMILES string of the molecule is CN(C)c1ccccc1CN(CC(N)=O)C(=O)c1ccccc1.c1ccccc1. The maximum Gasteiger partial charge on any atom is 0.254 e. The zero-order chi connectivity index (χ0) is 21.1. The lowest BCUT2D eigenvalue weighted by Crippen LogP contribution is -2.38. The number of nitrogens with zero attached hydrogens (tertiary/aromatic N) is 2. The van der Waals surface area contributed by atoms with Crippen molar-refractivity contribution in [1.82, 2.24) is 4.90 Å². The number of nitrogens with two attached hydrogens (primary N) is 1. The van der Waals surface area contributed by atoms with Crippen LogP contribution in [-0.4, -0.2) is 37.4 Å². The second kappa shape index (κ2) is 11.3. The fraction of sp³-hybridized carbons (Fsp3) is 0.167. The molecular formula is C24H27N3O2. The predicted octanol–water partition coefficient (Wildman–Crippen LogP) is 3.57.